The summed E-state index contributed by atoms with van der Waals surface area (Å²) in [5.74, 6) is -2.62. The summed E-state index contributed by atoms with van der Waals surface area (Å²) in [4.78, 5) is 58.6. The summed E-state index contributed by atoms with van der Waals surface area (Å²) in [6, 6.07) is 12.2. The Labute approximate surface area is 297 Å². The predicted molar refractivity (Wildman–Crippen MR) is 186 cm³/mol. The number of allylic oxidation sites excluding steroid dienone is 1. The molecule has 5 atom stereocenters. The SMILES string of the molecule is CC1(S(=O)(=O)NC(=O)[C@@]23C[C@H]2/C=C\CCCCC[C@H](Nc2ccccc2)C(=O)N2C[C@H](OC(=O)N4Cc5cccc(F)c5C4)C[C@H]2C(=O)N3)CC1. The van der Waals surface area contributed by atoms with Crippen LogP contribution in [-0.4, -0.2) is 77.1 Å². The maximum Gasteiger partial charge on any atom is 0.410 e. The van der Waals surface area contributed by atoms with Crippen LogP contribution in [0.1, 0.15) is 75.8 Å². The lowest BCUT2D eigenvalue weighted by Crippen LogP contribution is -2.58. The van der Waals surface area contributed by atoms with Gasteiger partial charge in [-0.1, -0.05) is 55.3 Å². The number of para-hydroxylation sites is 1. The molecule has 4 amide bonds. The number of halogens is 1. The smallest absolute Gasteiger partial charge is 0.410 e. The lowest BCUT2D eigenvalue weighted by Gasteiger charge is -2.30. The van der Waals surface area contributed by atoms with Gasteiger partial charge in [0.2, 0.25) is 21.8 Å². The van der Waals surface area contributed by atoms with Gasteiger partial charge in [0.25, 0.3) is 5.91 Å². The fourth-order valence-corrected chi connectivity index (χ4v) is 8.72. The van der Waals surface area contributed by atoms with Crippen LogP contribution in [0.5, 0.6) is 0 Å². The van der Waals surface area contributed by atoms with Crippen molar-refractivity contribution in [3.8, 4) is 0 Å². The second kappa shape index (κ2) is 13.6. The molecule has 272 valence electrons. The molecule has 14 heteroatoms. The van der Waals surface area contributed by atoms with E-state index in [1.165, 1.54) is 15.9 Å². The van der Waals surface area contributed by atoms with Crippen molar-refractivity contribution in [1.29, 1.82) is 0 Å². The molecule has 5 aliphatic rings. The van der Waals surface area contributed by atoms with Crippen LogP contribution in [0.4, 0.5) is 14.9 Å². The van der Waals surface area contributed by atoms with Crippen molar-refractivity contribution in [2.75, 3.05) is 11.9 Å². The highest BCUT2D eigenvalue weighted by atomic mass is 32.2. The van der Waals surface area contributed by atoms with E-state index in [0.29, 0.717) is 30.4 Å². The number of benzene rings is 2. The first-order valence-electron chi connectivity index (χ1n) is 17.8. The van der Waals surface area contributed by atoms with Gasteiger partial charge in [0.05, 0.1) is 17.8 Å². The van der Waals surface area contributed by atoms with Crippen molar-refractivity contribution in [2.24, 2.45) is 5.92 Å². The Balaban J connectivity index is 1.15. The predicted octanol–water partition coefficient (Wildman–Crippen LogP) is 4.12. The van der Waals surface area contributed by atoms with E-state index >= 15 is 0 Å². The van der Waals surface area contributed by atoms with Crippen LogP contribution in [0.3, 0.4) is 0 Å². The van der Waals surface area contributed by atoms with E-state index in [9.17, 15) is 32.0 Å². The van der Waals surface area contributed by atoms with Crippen molar-refractivity contribution in [3.63, 3.8) is 0 Å². The molecule has 2 aliphatic carbocycles. The maximum absolute atomic E-state index is 14.4. The van der Waals surface area contributed by atoms with Crippen LogP contribution in [0, 0.1) is 11.7 Å². The summed E-state index contributed by atoms with van der Waals surface area (Å²) in [6.07, 6.45) is 6.99. The highest BCUT2D eigenvalue weighted by Gasteiger charge is 2.63. The number of hydrogen-bond acceptors (Lipinski definition) is 8. The number of carbonyl (C=O) groups is 4. The van der Waals surface area contributed by atoms with Gasteiger partial charge in [-0.15, -0.1) is 0 Å². The van der Waals surface area contributed by atoms with Crippen LogP contribution in [-0.2, 0) is 42.2 Å². The monoisotopic (exact) mass is 721 g/mol. The molecule has 0 aromatic heterocycles. The van der Waals surface area contributed by atoms with E-state index in [2.05, 4.69) is 15.4 Å². The van der Waals surface area contributed by atoms with Gasteiger partial charge in [-0.3, -0.25) is 24.0 Å². The second-order valence-electron chi connectivity index (χ2n) is 14.8. The Bertz CT molecular complexity index is 1850. The quantitative estimate of drug-likeness (QED) is 0.377. The minimum atomic E-state index is -3.98. The van der Waals surface area contributed by atoms with Crippen molar-refractivity contribution in [3.05, 3.63) is 77.6 Å². The summed E-state index contributed by atoms with van der Waals surface area (Å²) < 4.78 is 47.7. The van der Waals surface area contributed by atoms with Gasteiger partial charge in [-0.05, 0) is 69.2 Å². The molecule has 3 fully saturated rings. The molecule has 2 saturated carbocycles. The van der Waals surface area contributed by atoms with E-state index in [1.54, 1.807) is 19.1 Å². The minimum Gasteiger partial charge on any atom is -0.444 e. The van der Waals surface area contributed by atoms with Crippen molar-refractivity contribution < 1.29 is 36.7 Å². The van der Waals surface area contributed by atoms with Gasteiger partial charge in [0.1, 0.15) is 29.5 Å². The number of anilines is 1. The Kier molecular flexibility index (Phi) is 9.32. The zero-order valence-electron chi connectivity index (χ0n) is 28.6. The number of hydrogen-bond donors (Lipinski definition) is 3. The van der Waals surface area contributed by atoms with Gasteiger partial charge in [-0.2, -0.15) is 0 Å². The first-order chi connectivity index (χ1) is 24.4. The number of nitrogens with one attached hydrogen (secondary N) is 3. The molecular weight excluding hydrogens is 678 g/mol. The highest BCUT2D eigenvalue weighted by molar-refractivity contribution is 7.91. The third-order valence-electron chi connectivity index (χ3n) is 11.0. The highest BCUT2D eigenvalue weighted by Crippen LogP contribution is 2.47. The van der Waals surface area contributed by atoms with Crippen molar-refractivity contribution in [2.45, 2.75) is 106 Å². The Morgan fingerprint density at radius 1 is 1.02 bits per heavy atom. The van der Waals surface area contributed by atoms with Crippen LogP contribution < -0.4 is 15.4 Å². The topological polar surface area (TPSA) is 154 Å². The molecule has 7 rings (SSSR count). The van der Waals surface area contributed by atoms with Crippen LogP contribution >= 0.6 is 0 Å². The molecule has 12 nitrogen and oxygen atoms in total. The van der Waals surface area contributed by atoms with E-state index in [-0.39, 0.29) is 38.4 Å². The van der Waals surface area contributed by atoms with E-state index in [1.807, 2.05) is 42.5 Å². The van der Waals surface area contributed by atoms with Crippen LogP contribution in [0.15, 0.2) is 60.7 Å². The largest absolute Gasteiger partial charge is 0.444 e. The lowest BCUT2D eigenvalue weighted by molar-refractivity contribution is -0.140. The molecule has 3 heterocycles. The summed E-state index contributed by atoms with van der Waals surface area (Å²) in [5.41, 5.74) is 0.336. The molecule has 0 spiro atoms. The van der Waals surface area contributed by atoms with Crippen LogP contribution in [0.25, 0.3) is 0 Å². The number of rotatable bonds is 6. The molecule has 3 N–H and O–H groups in total. The minimum absolute atomic E-state index is 0.0366. The zero-order valence-corrected chi connectivity index (χ0v) is 29.4. The van der Waals surface area contributed by atoms with E-state index in [4.69, 9.17) is 4.74 Å². The molecule has 0 unspecified atom stereocenters. The number of sulfonamides is 1. The van der Waals surface area contributed by atoms with Crippen molar-refractivity contribution >= 4 is 39.5 Å². The van der Waals surface area contributed by atoms with Gasteiger partial charge in [-0.25, -0.2) is 17.6 Å². The lowest BCUT2D eigenvalue weighted by atomic mass is 10.0. The second-order valence-corrected chi connectivity index (χ2v) is 17.0. The first-order valence-corrected chi connectivity index (χ1v) is 19.3. The first kappa shape index (κ1) is 35.0. The van der Waals surface area contributed by atoms with Crippen LogP contribution in [0.2, 0.25) is 0 Å². The Hall–Kier alpha value is -4.46. The number of carbonyl (C=O) groups excluding carboxylic acids is 4. The van der Waals surface area contributed by atoms with Crippen molar-refractivity contribution in [1.82, 2.24) is 19.8 Å². The summed E-state index contributed by atoms with van der Waals surface area (Å²) >= 11 is 0. The van der Waals surface area contributed by atoms with Gasteiger partial charge >= 0.3 is 6.09 Å². The Morgan fingerprint density at radius 3 is 2.55 bits per heavy atom. The number of amides is 4. The van der Waals surface area contributed by atoms with E-state index in [0.717, 1.165) is 31.4 Å². The molecule has 0 bridgehead atoms. The summed E-state index contributed by atoms with van der Waals surface area (Å²) in [6.45, 7) is 1.72. The molecule has 2 aromatic rings. The molecule has 2 aromatic carbocycles. The molecule has 51 heavy (non-hydrogen) atoms. The van der Waals surface area contributed by atoms with Gasteiger partial charge in [0.15, 0.2) is 0 Å². The Morgan fingerprint density at radius 2 is 1.80 bits per heavy atom. The fourth-order valence-electron chi connectivity index (χ4n) is 7.41. The normalized spacial score (nSPS) is 29.3. The van der Waals surface area contributed by atoms with E-state index < -0.39 is 68.1 Å². The third kappa shape index (κ3) is 7.07. The standard InChI is InChI=1S/C37H44FN5O7S/c1-36(17-18-36)51(48,49)41-34(46)37-20-25(37)12-6-3-2-4-9-16-30(39-26-13-7-5-8-14-26)33(45)43-22-27(19-31(43)32(44)40-37)50-35(47)42-21-24-11-10-15-29(38)28(24)23-42/h5-8,10-15,25,27,30-31,39H,2-4,9,16-23H2,1H3,(H,40,44)(H,41,46)/b12-6-/t25-,27-,30+,31+,37-/m1/s1. The maximum atomic E-state index is 14.4. The average molecular weight is 722 g/mol. The summed E-state index contributed by atoms with van der Waals surface area (Å²) in [7, 11) is -3.98. The summed E-state index contributed by atoms with van der Waals surface area (Å²) in [5, 5.41) is 6.20. The van der Waals surface area contributed by atoms with Gasteiger partial charge < -0.3 is 20.3 Å². The fraction of sp³-hybridized carbons (Fsp3) is 0.514. The van der Waals surface area contributed by atoms with Gasteiger partial charge in [0, 0.05) is 30.1 Å². The molecule has 3 aliphatic heterocycles. The molecular formula is C37H44FN5O7S. The zero-order chi connectivity index (χ0) is 36.0. The third-order valence-corrected chi connectivity index (χ3v) is 13.2. The number of fused-ring (bicyclic) bond motifs is 3. The average Bonchev–Trinajstić information content (AvgIpc) is 3.89. The number of nitrogens with zero attached hydrogens (tertiary/aromatic N) is 2. The molecule has 0 radical (unpaired) electrons. The molecule has 1 saturated heterocycles. The number of ether oxygens (including phenoxy) is 1.